The van der Waals surface area contributed by atoms with Crippen molar-refractivity contribution in [1.29, 1.82) is 0 Å². The quantitative estimate of drug-likeness (QED) is 0.0877. The van der Waals surface area contributed by atoms with E-state index in [-0.39, 0.29) is 5.71 Å². The number of nitrogens with zero attached hydrogens (tertiary/aromatic N) is 3. The molecule has 10 heteroatoms. The van der Waals surface area contributed by atoms with Crippen molar-refractivity contribution in [3.8, 4) is 0 Å². The Morgan fingerprint density at radius 3 is 1.90 bits per heavy atom. The lowest BCUT2D eigenvalue weighted by atomic mass is 9.79. The van der Waals surface area contributed by atoms with Crippen LogP contribution in [0, 0.1) is 0 Å². The summed E-state index contributed by atoms with van der Waals surface area (Å²) in [5.74, 6) is -1.62. The standard InChI is InChI=1S/C32H23Br2N4O4/c1-41-30(39)29(35-21-15-11-19(33)12-16-21)32(31(40)42-2)27-25-9-5-3-7-23(25)24-8-4-6-10-26(24)28(27)36-38(37-32)22-17-13-20(34)14-18-22/h3-18H,1-2H3,(H,36,37)/q+1. The van der Waals surface area contributed by atoms with E-state index in [1.54, 1.807) is 24.3 Å². The van der Waals surface area contributed by atoms with Crippen LogP contribution in [0.3, 0.4) is 0 Å². The predicted octanol–water partition coefficient (Wildman–Crippen LogP) is 7.97. The molecular weight excluding hydrogens is 664 g/mol. The normalized spacial score (nSPS) is 16.4. The molecule has 0 saturated carbocycles. The molecule has 1 aliphatic rings. The Balaban J connectivity index is 1.82. The van der Waals surface area contributed by atoms with E-state index in [0.717, 1.165) is 25.1 Å². The Morgan fingerprint density at radius 2 is 1.31 bits per heavy atom. The predicted molar refractivity (Wildman–Crippen MR) is 169 cm³/mol. The number of aliphatic imine (C=N–C) groups is 1. The smallest absolute Gasteiger partial charge is 0.356 e. The molecule has 208 valence electrons. The molecule has 1 heterocycles. The van der Waals surface area contributed by atoms with Crippen LogP contribution < -0.4 is 5.43 Å². The number of hydrogen-bond acceptors (Lipinski definition) is 7. The van der Waals surface area contributed by atoms with Gasteiger partial charge in [-0.3, -0.25) is 0 Å². The van der Waals surface area contributed by atoms with Gasteiger partial charge in [0.2, 0.25) is 0 Å². The molecule has 1 unspecified atom stereocenters. The first-order valence-electron chi connectivity index (χ1n) is 12.9. The molecule has 1 atom stereocenters. The fraction of sp³-hybridized carbons (Fsp3) is 0.0938. The van der Waals surface area contributed by atoms with Crippen molar-refractivity contribution in [2.24, 2.45) is 10.1 Å². The summed E-state index contributed by atoms with van der Waals surface area (Å²) < 4.78 is 12.4. The first-order chi connectivity index (χ1) is 20.4. The van der Waals surface area contributed by atoms with Crippen LogP contribution in [0.4, 0.5) is 17.1 Å². The number of azo groups is 1. The zero-order chi connectivity index (χ0) is 29.4. The Morgan fingerprint density at radius 1 is 0.762 bits per heavy atom. The average Bonchev–Trinajstić information content (AvgIpc) is 3.03. The number of hydrogen-bond donors (Lipinski definition) is 1. The van der Waals surface area contributed by atoms with E-state index in [2.05, 4.69) is 37.3 Å². The van der Waals surface area contributed by atoms with Crippen molar-refractivity contribution in [1.82, 2.24) is 0 Å². The highest BCUT2D eigenvalue weighted by atomic mass is 79.9. The van der Waals surface area contributed by atoms with Crippen LogP contribution in [-0.2, 0) is 24.6 Å². The second kappa shape index (κ2) is 11.1. The third-order valence-corrected chi connectivity index (χ3v) is 8.16. The Hall–Kier alpha value is -4.41. The highest BCUT2D eigenvalue weighted by Crippen LogP contribution is 2.48. The molecule has 0 saturated heterocycles. The molecule has 1 N–H and O–H groups in total. The summed E-state index contributed by atoms with van der Waals surface area (Å²) in [5.41, 5.74) is 3.16. The van der Waals surface area contributed by atoms with Crippen molar-refractivity contribution in [2.45, 2.75) is 5.54 Å². The van der Waals surface area contributed by atoms with Gasteiger partial charge in [0.15, 0.2) is 5.71 Å². The monoisotopic (exact) mass is 685 g/mol. The molecule has 0 amide bonds. The molecule has 0 aromatic heterocycles. The van der Waals surface area contributed by atoms with Gasteiger partial charge in [0, 0.05) is 41.9 Å². The summed E-state index contributed by atoms with van der Waals surface area (Å²) in [6.45, 7) is 0. The van der Waals surface area contributed by atoms with E-state index in [1.807, 2.05) is 72.8 Å². The van der Waals surface area contributed by atoms with E-state index < -0.39 is 17.5 Å². The molecule has 0 radical (unpaired) electrons. The topological polar surface area (TPSA) is 92.4 Å². The minimum absolute atomic E-state index is 0.246. The molecule has 5 aromatic rings. The van der Waals surface area contributed by atoms with Crippen LogP contribution in [0.5, 0.6) is 0 Å². The van der Waals surface area contributed by atoms with Crippen LogP contribution in [0.25, 0.3) is 21.5 Å². The number of anilines is 1. The number of ether oxygens (including phenoxy) is 2. The van der Waals surface area contributed by atoms with Crippen LogP contribution in [0.2, 0.25) is 0 Å². The molecule has 0 fully saturated rings. The molecule has 8 nitrogen and oxygen atoms in total. The number of nitrogens with one attached hydrogen (secondary N) is 1. The van der Waals surface area contributed by atoms with Gasteiger partial charge >= 0.3 is 11.9 Å². The van der Waals surface area contributed by atoms with Gasteiger partial charge in [0.05, 0.1) is 19.9 Å². The molecule has 0 spiro atoms. The molecule has 6 rings (SSSR count). The third kappa shape index (κ3) is 4.56. The van der Waals surface area contributed by atoms with Crippen molar-refractivity contribution < 1.29 is 23.9 Å². The fourth-order valence-corrected chi connectivity index (χ4v) is 5.77. The number of halogens is 2. The number of hydrazine groups is 1. The van der Waals surface area contributed by atoms with Crippen LogP contribution in [0.15, 0.2) is 116 Å². The minimum atomic E-state index is -2.06. The number of carbonyl (C=O) groups is 2. The summed E-state index contributed by atoms with van der Waals surface area (Å²) in [6.07, 6.45) is 0. The van der Waals surface area contributed by atoms with E-state index in [9.17, 15) is 9.59 Å². The Bertz CT molecular complexity index is 1940. The lowest BCUT2D eigenvalue weighted by Gasteiger charge is -2.31. The molecule has 1 aliphatic heterocycles. The molecule has 42 heavy (non-hydrogen) atoms. The SMILES string of the molecule is COC(=O)C(=Nc1ccc(Br)cc1)C1(C(=O)OC)N=[N+](c2ccc(Br)cc2)Nc2c1c1ccccc1c1ccccc21. The second-order valence-electron chi connectivity index (χ2n) is 9.47. The van der Waals surface area contributed by atoms with Gasteiger partial charge in [-0.1, -0.05) is 80.4 Å². The number of esters is 2. The van der Waals surface area contributed by atoms with Crippen LogP contribution in [0.1, 0.15) is 5.56 Å². The van der Waals surface area contributed by atoms with E-state index in [4.69, 9.17) is 19.6 Å². The van der Waals surface area contributed by atoms with Gasteiger partial charge in [0.25, 0.3) is 11.2 Å². The van der Waals surface area contributed by atoms with Crippen LogP contribution >= 0.6 is 31.9 Å². The lowest BCUT2D eigenvalue weighted by molar-refractivity contribution is -0.490. The average molecular weight is 687 g/mol. The minimum Gasteiger partial charge on any atom is -0.466 e. The van der Waals surface area contributed by atoms with Gasteiger partial charge < -0.3 is 9.47 Å². The fourth-order valence-electron chi connectivity index (χ4n) is 5.24. The second-order valence-corrected chi connectivity index (χ2v) is 11.3. The summed E-state index contributed by atoms with van der Waals surface area (Å²) in [7, 11) is 2.51. The van der Waals surface area contributed by atoms with Crippen LogP contribution in [-0.4, -0.2) is 36.7 Å². The van der Waals surface area contributed by atoms with E-state index in [1.165, 1.54) is 19.0 Å². The zero-order valence-electron chi connectivity index (χ0n) is 22.5. The number of rotatable bonds is 5. The van der Waals surface area contributed by atoms with Crippen molar-refractivity contribution in [3.63, 3.8) is 0 Å². The summed E-state index contributed by atoms with van der Waals surface area (Å²) >= 11 is 6.91. The number of carbonyl (C=O) groups excluding carboxylic acids is 2. The Kier molecular flexibility index (Phi) is 7.34. The van der Waals surface area contributed by atoms with Crippen molar-refractivity contribution in [3.05, 3.63) is 112 Å². The largest absolute Gasteiger partial charge is 0.466 e. The van der Waals surface area contributed by atoms with Crippen molar-refractivity contribution >= 4 is 88.1 Å². The van der Waals surface area contributed by atoms with Gasteiger partial charge in [-0.2, -0.15) is 0 Å². The summed E-state index contributed by atoms with van der Waals surface area (Å²) in [5, 5.41) is 8.32. The van der Waals surface area contributed by atoms with Gasteiger partial charge in [-0.15, -0.1) is 5.43 Å². The third-order valence-electron chi connectivity index (χ3n) is 7.10. The maximum absolute atomic E-state index is 14.3. The first kappa shape index (κ1) is 27.7. The molecule has 0 bridgehead atoms. The highest BCUT2D eigenvalue weighted by molar-refractivity contribution is 9.10. The highest BCUT2D eigenvalue weighted by Gasteiger charge is 2.59. The molecular formula is C32H23Br2N4O4+. The van der Waals surface area contributed by atoms with E-state index in [0.29, 0.717) is 28.0 Å². The van der Waals surface area contributed by atoms with Gasteiger partial charge in [0.1, 0.15) is 5.69 Å². The number of benzene rings is 5. The summed E-state index contributed by atoms with van der Waals surface area (Å²) in [4.78, 5) is 34.2. The maximum Gasteiger partial charge on any atom is 0.356 e. The summed E-state index contributed by atoms with van der Waals surface area (Å²) in [6, 6.07) is 30.0. The lowest BCUT2D eigenvalue weighted by Crippen LogP contribution is -2.50. The Labute approximate surface area is 257 Å². The molecule has 0 aliphatic carbocycles. The van der Waals surface area contributed by atoms with Gasteiger partial charge in [-0.05, 0) is 52.6 Å². The van der Waals surface area contributed by atoms with Crippen molar-refractivity contribution in [2.75, 3.05) is 19.6 Å². The zero-order valence-corrected chi connectivity index (χ0v) is 25.6. The number of methoxy groups -OCH3 is 2. The van der Waals surface area contributed by atoms with Gasteiger partial charge in [-0.25, -0.2) is 14.6 Å². The number of fused-ring (bicyclic) bond motifs is 6. The molecule has 5 aromatic carbocycles. The first-order valence-corrected chi connectivity index (χ1v) is 14.5. The maximum atomic E-state index is 14.3. The van der Waals surface area contributed by atoms with E-state index >= 15 is 0 Å².